The maximum Gasteiger partial charge on any atom is 0.166 e. The van der Waals surface area contributed by atoms with E-state index in [2.05, 4.69) is 26.0 Å². The van der Waals surface area contributed by atoms with Crippen LogP contribution in [0.1, 0.15) is 63.5 Å². The molecule has 1 fully saturated rings. The third kappa shape index (κ3) is 4.78. The van der Waals surface area contributed by atoms with E-state index in [0.29, 0.717) is 17.0 Å². The second-order valence-electron chi connectivity index (χ2n) is 8.51. The second kappa shape index (κ2) is 8.99. The summed E-state index contributed by atoms with van der Waals surface area (Å²) in [6.07, 6.45) is 9.26. The summed E-state index contributed by atoms with van der Waals surface area (Å²) in [5.41, 5.74) is 2.71. The average molecular weight is 371 g/mol. The van der Waals surface area contributed by atoms with E-state index >= 15 is 0 Å². The lowest BCUT2D eigenvalue weighted by Crippen LogP contribution is -2.21. The van der Waals surface area contributed by atoms with Crippen LogP contribution in [0.4, 0.5) is 8.78 Å². The van der Waals surface area contributed by atoms with Gasteiger partial charge in [-0.05, 0) is 60.6 Å². The highest BCUT2D eigenvalue weighted by Crippen LogP contribution is 2.36. The van der Waals surface area contributed by atoms with Crippen LogP contribution in [0, 0.1) is 36.3 Å². The summed E-state index contributed by atoms with van der Waals surface area (Å²) < 4.78 is 28.0. The Bertz CT molecular complexity index is 740. The first-order chi connectivity index (χ1) is 13.0. The third-order valence-electron chi connectivity index (χ3n) is 6.49. The molecular formula is C25H32F2. The number of halogens is 2. The molecule has 0 heterocycles. The fourth-order valence-electron chi connectivity index (χ4n) is 4.68. The minimum atomic E-state index is -0.750. The topological polar surface area (TPSA) is 0 Å². The lowest BCUT2D eigenvalue weighted by Gasteiger charge is -2.32. The van der Waals surface area contributed by atoms with Gasteiger partial charge in [-0.25, -0.2) is 8.78 Å². The van der Waals surface area contributed by atoms with Gasteiger partial charge in [0.25, 0.3) is 0 Å². The largest absolute Gasteiger partial charge is 0.203 e. The van der Waals surface area contributed by atoms with Crippen LogP contribution < -0.4 is 0 Å². The van der Waals surface area contributed by atoms with Crippen molar-refractivity contribution in [1.29, 1.82) is 0 Å². The van der Waals surface area contributed by atoms with Crippen molar-refractivity contribution in [1.82, 2.24) is 0 Å². The first kappa shape index (κ1) is 20.0. The van der Waals surface area contributed by atoms with Crippen LogP contribution in [0.25, 0.3) is 11.1 Å². The minimum Gasteiger partial charge on any atom is -0.203 e. The molecule has 0 bridgehead atoms. The molecule has 0 aliphatic heterocycles. The highest BCUT2D eigenvalue weighted by Gasteiger charge is 2.24. The number of benzene rings is 2. The molecule has 0 aromatic heterocycles. The van der Waals surface area contributed by atoms with Gasteiger partial charge in [-0.1, -0.05) is 75.9 Å². The van der Waals surface area contributed by atoms with Gasteiger partial charge in [0.05, 0.1) is 0 Å². The van der Waals surface area contributed by atoms with E-state index in [9.17, 15) is 8.78 Å². The molecule has 1 unspecified atom stereocenters. The van der Waals surface area contributed by atoms with Gasteiger partial charge in [-0.2, -0.15) is 0 Å². The maximum absolute atomic E-state index is 14.2. The lowest BCUT2D eigenvalue weighted by molar-refractivity contribution is 0.206. The smallest absolute Gasteiger partial charge is 0.166 e. The van der Waals surface area contributed by atoms with Gasteiger partial charge in [-0.15, -0.1) is 0 Å². The summed E-state index contributed by atoms with van der Waals surface area (Å²) in [5.74, 6) is 0.944. The molecule has 1 atom stereocenters. The minimum absolute atomic E-state index is 0.340. The van der Waals surface area contributed by atoms with Crippen LogP contribution in [0.15, 0.2) is 36.4 Å². The molecule has 1 aliphatic rings. The SMILES string of the molecule is CCCC1CCC(C(C)Cc2ccc(-c3ccc(C)c(F)c3F)cc2)CC1. The molecule has 2 aromatic rings. The van der Waals surface area contributed by atoms with E-state index in [4.69, 9.17) is 0 Å². The van der Waals surface area contributed by atoms with Crippen LogP contribution in [0.2, 0.25) is 0 Å². The molecule has 3 rings (SSSR count). The molecule has 27 heavy (non-hydrogen) atoms. The van der Waals surface area contributed by atoms with Crippen LogP contribution >= 0.6 is 0 Å². The van der Waals surface area contributed by atoms with Gasteiger partial charge in [0, 0.05) is 5.56 Å². The number of rotatable bonds is 6. The van der Waals surface area contributed by atoms with E-state index in [1.807, 2.05) is 12.1 Å². The van der Waals surface area contributed by atoms with Crippen molar-refractivity contribution in [3.8, 4) is 11.1 Å². The Balaban J connectivity index is 1.62. The summed E-state index contributed by atoms with van der Waals surface area (Å²) in [7, 11) is 0. The molecule has 0 N–H and O–H groups in total. The normalized spacial score (nSPS) is 21.2. The number of hydrogen-bond acceptors (Lipinski definition) is 0. The van der Waals surface area contributed by atoms with Gasteiger partial charge in [0.15, 0.2) is 11.6 Å². The summed E-state index contributed by atoms with van der Waals surface area (Å²) in [6.45, 7) is 6.24. The van der Waals surface area contributed by atoms with Crippen LogP contribution in [-0.2, 0) is 6.42 Å². The summed E-state index contributed by atoms with van der Waals surface area (Å²) in [5, 5.41) is 0. The summed E-state index contributed by atoms with van der Waals surface area (Å²) >= 11 is 0. The van der Waals surface area contributed by atoms with Crippen molar-refractivity contribution in [2.45, 2.75) is 65.7 Å². The highest BCUT2D eigenvalue weighted by molar-refractivity contribution is 5.65. The fourth-order valence-corrected chi connectivity index (χ4v) is 4.68. The Morgan fingerprint density at radius 3 is 2.22 bits per heavy atom. The van der Waals surface area contributed by atoms with Crippen molar-refractivity contribution in [3.63, 3.8) is 0 Å². The molecule has 0 nitrogen and oxygen atoms in total. The highest BCUT2D eigenvalue weighted by atomic mass is 19.2. The van der Waals surface area contributed by atoms with E-state index in [1.54, 1.807) is 19.1 Å². The van der Waals surface area contributed by atoms with Crippen molar-refractivity contribution < 1.29 is 8.78 Å². The third-order valence-corrected chi connectivity index (χ3v) is 6.49. The average Bonchev–Trinajstić information content (AvgIpc) is 2.68. The molecule has 146 valence electrons. The van der Waals surface area contributed by atoms with Crippen molar-refractivity contribution in [2.24, 2.45) is 17.8 Å². The molecule has 0 amide bonds. The standard InChI is InChI=1S/C25H32F2/c1-4-5-19-7-11-21(12-8-19)18(3)16-20-9-13-22(14-10-20)23-15-6-17(2)24(26)25(23)27/h6,9-10,13-15,18-19,21H,4-5,7-8,11-12,16H2,1-3H3. The monoisotopic (exact) mass is 370 g/mol. The predicted molar refractivity (Wildman–Crippen MR) is 110 cm³/mol. The van der Waals surface area contributed by atoms with E-state index in [-0.39, 0.29) is 0 Å². The Hall–Kier alpha value is -1.70. The van der Waals surface area contributed by atoms with Gasteiger partial charge < -0.3 is 0 Å². The molecule has 2 aromatic carbocycles. The zero-order valence-electron chi connectivity index (χ0n) is 16.9. The van der Waals surface area contributed by atoms with Gasteiger partial charge >= 0.3 is 0 Å². The Labute approximate surface area is 163 Å². The van der Waals surface area contributed by atoms with Gasteiger partial charge in [0.2, 0.25) is 0 Å². The number of hydrogen-bond donors (Lipinski definition) is 0. The van der Waals surface area contributed by atoms with Crippen molar-refractivity contribution >= 4 is 0 Å². The number of aryl methyl sites for hydroxylation is 1. The Morgan fingerprint density at radius 1 is 0.926 bits per heavy atom. The first-order valence-electron chi connectivity index (χ1n) is 10.5. The molecule has 2 heteroatoms. The van der Waals surface area contributed by atoms with E-state index in [0.717, 1.165) is 23.8 Å². The summed E-state index contributed by atoms with van der Waals surface area (Å²) in [4.78, 5) is 0. The molecule has 1 aliphatic carbocycles. The predicted octanol–water partition coefficient (Wildman–Crippen LogP) is 7.73. The van der Waals surface area contributed by atoms with Crippen LogP contribution in [0.3, 0.4) is 0 Å². The molecule has 1 saturated carbocycles. The van der Waals surface area contributed by atoms with E-state index < -0.39 is 11.6 Å². The molecule has 0 radical (unpaired) electrons. The Morgan fingerprint density at radius 2 is 1.59 bits per heavy atom. The van der Waals surface area contributed by atoms with E-state index in [1.165, 1.54) is 44.1 Å². The zero-order valence-corrected chi connectivity index (χ0v) is 16.9. The van der Waals surface area contributed by atoms with Crippen molar-refractivity contribution in [2.75, 3.05) is 0 Å². The second-order valence-corrected chi connectivity index (χ2v) is 8.51. The Kier molecular flexibility index (Phi) is 6.68. The fraction of sp³-hybridized carbons (Fsp3) is 0.520. The summed E-state index contributed by atoms with van der Waals surface area (Å²) in [6, 6.07) is 11.3. The molecule has 0 saturated heterocycles. The zero-order chi connectivity index (χ0) is 19.4. The van der Waals surface area contributed by atoms with Crippen LogP contribution in [-0.4, -0.2) is 0 Å². The van der Waals surface area contributed by atoms with Gasteiger partial charge in [-0.3, -0.25) is 0 Å². The van der Waals surface area contributed by atoms with Crippen molar-refractivity contribution in [3.05, 3.63) is 59.2 Å². The molecule has 0 spiro atoms. The first-order valence-corrected chi connectivity index (χ1v) is 10.5. The lowest BCUT2D eigenvalue weighted by atomic mass is 9.73. The van der Waals surface area contributed by atoms with Gasteiger partial charge in [0.1, 0.15) is 0 Å². The quantitative estimate of drug-likeness (QED) is 0.488. The van der Waals surface area contributed by atoms with Crippen LogP contribution in [0.5, 0.6) is 0 Å². The molecular weight excluding hydrogens is 338 g/mol. The maximum atomic E-state index is 14.2.